The normalized spacial score (nSPS) is 14.3. The molecule has 0 radical (unpaired) electrons. The molecule has 1 aliphatic heterocycles. The second-order valence-electron chi connectivity index (χ2n) is 5.61. The van der Waals surface area contributed by atoms with Crippen LogP contribution in [0.5, 0.6) is 0 Å². The van der Waals surface area contributed by atoms with E-state index in [0.717, 1.165) is 22.2 Å². The van der Waals surface area contributed by atoms with Gasteiger partial charge in [0.05, 0.1) is 0 Å². The maximum Gasteiger partial charge on any atom is 0.253 e. The Hall–Kier alpha value is -2.28. The number of fused-ring (bicyclic) bond motifs is 3. The third kappa shape index (κ3) is 2.23. The van der Waals surface area contributed by atoms with Gasteiger partial charge in [-0.3, -0.25) is 0 Å². The molecular formula is C16H10ClF4N3. The number of benzene rings is 1. The zero-order valence-corrected chi connectivity index (χ0v) is 12.9. The minimum absolute atomic E-state index is 0.104. The van der Waals surface area contributed by atoms with Gasteiger partial charge in [-0.25, -0.2) is 0 Å². The summed E-state index contributed by atoms with van der Waals surface area (Å²) in [5, 5.41) is 1.35. The highest BCUT2D eigenvalue weighted by atomic mass is 35.5. The first kappa shape index (κ1) is 15.3. The minimum Gasteiger partial charge on any atom is -0.362 e. The van der Waals surface area contributed by atoms with E-state index >= 15 is 0 Å². The molecule has 0 saturated carbocycles. The van der Waals surface area contributed by atoms with E-state index in [4.69, 9.17) is 11.6 Å². The van der Waals surface area contributed by atoms with Crippen molar-refractivity contribution in [3.05, 3.63) is 58.0 Å². The molecule has 0 atom stereocenters. The summed E-state index contributed by atoms with van der Waals surface area (Å²) in [4.78, 5) is 7.10. The monoisotopic (exact) mass is 355 g/mol. The molecule has 2 aromatic heterocycles. The van der Waals surface area contributed by atoms with Gasteiger partial charge >= 0.3 is 0 Å². The lowest BCUT2D eigenvalue weighted by atomic mass is 10.0. The maximum atomic E-state index is 14.0. The SMILES string of the molecule is Fc1nc(F)c(F)c(N2CCc3[nH]c4ccc(Cl)cc4c3C2)c1F. The van der Waals surface area contributed by atoms with Crippen LogP contribution in [0, 0.1) is 23.5 Å². The van der Waals surface area contributed by atoms with Crippen LogP contribution in [-0.2, 0) is 13.0 Å². The number of pyridine rings is 1. The lowest BCUT2D eigenvalue weighted by Crippen LogP contribution is -2.32. The van der Waals surface area contributed by atoms with E-state index in [0.29, 0.717) is 11.4 Å². The number of hydrogen-bond acceptors (Lipinski definition) is 2. The van der Waals surface area contributed by atoms with Crippen molar-refractivity contribution in [2.24, 2.45) is 0 Å². The Balaban J connectivity index is 1.83. The Bertz CT molecular complexity index is 944. The van der Waals surface area contributed by atoms with Crippen LogP contribution in [0.25, 0.3) is 10.9 Å². The molecule has 24 heavy (non-hydrogen) atoms. The van der Waals surface area contributed by atoms with Crippen molar-refractivity contribution in [1.29, 1.82) is 0 Å². The van der Waals surface area contributed by atoms with Crippen LogP contribution in [0.1, 0.15) is 11.3 Å². The molecule has 3 aromatic rings. The number of anilines is 1. The molecule has 0 aliphatic carbocycles. The van der Waals surface area contributed by atoms with Gasteiger partial charge in [0, 0.05) is 46.7 Å². The topological polar surface area (TPSA) is 31.9 Å². The second-order valence-corrected chi connectivity index (χ2v) is 6.05. The number of halogens is 5. The predicted octanol–water partition coefficient (Wildman–Crippen LogP) is 4.34. The Morgan fingerprint density at radius 1 is 1.08 bits per heavy atom. The van der Waals surface area contributed by atoms with Crippen molar-refractivity contribution >= 4 is 28.2 Å². The molecule has 0 saturated heterocycles. The number of nitrogens with zero attached hydrogens (tertiary/aromatic N) is 2. The molecule has 1 aromatic carbocycles. The van der Waals surface area contributed by atoms with Crippen LogP contribution in [0.4, 0.5) is 23.2 Å². The Labute approximate surface area is 138 Å². The predicted molar refractivity (Wildman–Crippen MR) is 82.1 cm³/mol. The Kier molecular flexibility index (Phi) is 3.42. The number of H-pyrrole nitrogens is 1. The van der Waals surface area contributed by atoms with Crippen LogP contribution in [0.2, 0.25) is 5.02 Å². The van der Waals surface area contributed by atoms with Gasteiger partial charge in [0.15, 0.2) is 0 Å². The lowest BCUT2D eigenvalue weighted by Gasteiger charge is -2.29. The molecule has 0 amide bonds. The van der Waals surface area contributed by atoms with Gasteiger partial charge in [-0.15, -0.1) is 0 Å². The fraction of sp³-hybridized carbons (Fsp3) is 0.188. The summed E-state index contributed by atoms with van der Waals surface area (Å²) in [5.74, 6) is -6.29. The third-order valence-electron chi connectivity index (χ3n) is 4.23. The van der Waals surface area contributed by atoms with Crippen LogP contribution >= 0.6 is 11.6 Å². The molecule has 0 spiro atoms. The van der Waals surface area contributed by atoms with Gasteiger partial charge in [0.2, 0.25) is 11.6 Å². The van der Waals surface area contributed by atoms with Crippen LogP contribution in [0.3, 0.4) is 0 Å². The van der Waals surface area contributed by atoms with E-state index in [2.05, 4.69) is 9.97 Å². The highest BCUT2D eigenvalue weighted by Gasteiger charge is 2.29. The molecule has 4 rings (SSSR count). The third-order valence-corrected chi connectivity index (χ3v) is 4.46. The molecular weight excluding hydrogens is 346 g/mol. The van der Waals surface area contributed by atoms with Crippen molar-refractivity contribution in [2.45, 2.75) is 13.0 Å². The van der Waals surface area contributed by atoms with Crippen LogP contribution in [0.15, 0.2) is 18.2 Å². The number of rotatable bonds is 1. The fourth-order valence-corrected chi connectivity index (χ4v) is 3.30. The molecule has 1 aliphatic rings. The van der Waals surface area contributed by atoms with Gasteiger partial charge in [-0.1, -0.05) is 11.6 Å². The number of aromatic amines is 1. The highest BCUT2D eigenvalue weighted by molar-refractivity contribution is 6.31. The van der Waals surface area contributed by atoms with Crippen LogP contribution in [-0.4, -0.2) is 16.5 Å². The summed E-state index contributed by atoms with van der Waals surface area (Å²) >= 11 is 6.01. The molecule has 3 nitrogen and oxygen atoms in total. The second kappa shape index (κ2) is 5.37. The number of aromatic nitrogens is 2. The number of nitrogens with one attached hydrogen (secondary N) is 1. The van der Waals surface area contributed by atoms with E-state index in [1.807, 2.05) is 6.07 Å². The van der Waals surface area contributed by atoms with Crippen molar-refractivity contribution < 1.29 is 17.6 Å². The van der Waals surface area contributed by atoms with E-state index < -0.39 is 29.2 Å². The minimum atomic E-state index is -1.66. The smallest absolute Gasteiger partial charge is 0.253 e. The fourth-order valence-electron chi connectivity index (χ4n) is 3.13. The highest BCUT2D eigenvalue weighted by Crippen LogP contribution is 2.34. The summed E-state index contributed by atoms with van der Waals surface area (Å²) in [6.07, 6.45) is 0.450. The van der Waals surface area contributed by atoms with E-state index in [1.165, 1.54) is 4.90 Å². The van der Waals surface area contributed by atoms with Gasteiger partial charge in [-0.2, -0.15) is 22.5 Å². The standard InChI is InChI=1S/C16H10ClF4N3/c17-7-1-2-10-8(5-7)9-6-24(4-3-11(9)22-10)14-12(18)15(20)23-16(21)13(14)19/h1-2,5,22H,3-4,6H2. The first-order valence-corrected chi connectivity index (χ1v) is 7.57. The average Bonchev–Trinajstić information content (AvgIpc) is 2.91. The van der Waals surface area contributed by atoms with Gasteiger partial charge < -0.3 is 9.88 Å². The first-order valence-electron chi connectivity index (χ1n) is 7.19. The quantitative estimate of drug-likeness (QED) is 0.520. The number of hydrogen-bond donors (Lipinski definition) is 1. The molecule has 0 unspecified atom stereocenters. The molecule has 3 heterocycles. The van der Waals surface area contributed by atoms with E-state index in [1.54, 1.807) is 12.1 Å². The lowest BCUT2D eigenvalue weighted by molar-refractivity contribution is 0.404. The zero-order valence-electron chi connectivity index (χ0n) is 12.1. The molecule has 124 valence electrons. The molecule has 1 N–H and O–H groups in total. The summed E-state index contributed by atoms with van der Waals surface area (Å²) in [7, 11) is 0. The van der Waals surface area contributed by atoms with Crippen molar-refractivity contribution in [1.82, 2.24) is 9.97 Å². The zero-order chi connectivity index (χ0) is 17.0. The molecule has 8 heteroatoms. The molecule has 0 bridgehead atoms. The summed E-state index contributed by atoms with van der Waals surface area (Å²) in [6.45, 7) is 0.316. The van der Waals surface area contributed by atoms with Crippen molar-refractivity contribution in [3.8, 4) is 0 Å². The average molecular weight is 356 g/mol. The van der Waals surface area contributed by atoms with Crippen LogP contribution < -0.4 is 4.90 Å². The van der Waals surface area contributed by atoms with Gasteiger partial charge in [0.25, 0.3) is 11.9 Å². The summed E-state index contributed by atoms with van der Waals surface area (Å²) in [6, 6.07) is 5.29. The molecule has 0 fully saturated rings. The summed E-state index contributed by atoms with van der Waals surface area (Å²) in [5.41, 5.74) is 1.83. The first-order chi connectivity index (χ1) is 11.5. The Morgan fingerprint density at radius 2 is 1.79 bits per heavy atom. The Morgan fingerprint density at radius 3 is 2.50 bits per heavy atom. The van der Waals surface area contributed by atoms with Gasteiger partial charge in [0.1, 0.15) is 5.69 Å². The largest absolute Gasteiger partial charge is 0.362 e. The maximum absolute atomic E-state index is 14.0. The van der Waals surface area contributed by atoms with Crippen molar-refractivity contribution in [3.63, 3.8) is 0 Å². The van der Waals surface area contributed by atoms with E-state index in [-0.39, 0.29) is 13.1 Å². The van der Waals surface area contributed by atoms with Crippen molar-refractivity contribution in [2.75, 3.05) is 11.4 Å². The van der Waals surface area contributed by atoms with Gasteiger partial charge in [-0.05, 0) is 18.2 Å². The van der Waals surface area contributed by atoms with E-state index in [9.17, 15) is 17.6 Å². The summed E-state index contributed by atoms with van der Waals surface area (Å²) < 4.78 is 54.7.